The van der Waals surface area contributed by atoms with Gasteiger partial charge in [0.25, 0.3) is 0 Å². The summed E-state index contributed by atoms with van der Waals surface area (Å²) in [5.74, 6) is 0.405. The molecule has 0 aliphatic carbocycles. The molecule has 1 rings (SSSR count). The maximum absolute atomic E-state index is 11.4. The van der Waals surface area contributed by atoms with Crippen molar-refractivity contribution in [3.8, 4) is 5.75 Å². The number of ether oxygens (including phenoxy) is 3. The maximum atomic E-state index is 11.4. The number of hydrogen-bond acceptors (Lipinski definition) is 4. The van der Waals surface area contributed by atoms with E-state index in [9.17, 15) is 4.79 Å². The highest BCUT2D eigenvalue weighted by molar-refractivity contribution is 5.89. The van der Waals surface area contributed by atoms with Gasteiger partial charge in [0.15, 0.2) is 0 Å². The van der Waals surface area contributed by atoms with E-state index < -0.39 is 0 Å². The molecule has 0 saturated heterocycles. The number of carbonyl (C=O) groups excluding carboxylic acids is 1. The van der Waals surface area contributed by atoms with Crippen LogP contribution in [0.4, 0.5) is 0 Å². The molecule has 4 heteroatoms. The predicted molar refractivity (Wildman–Crippen MR) is 69.0 cm³/mol. The monoisotopic (exact) mass is 252 g/mol. The summed E-state index contributed by atoms with van der Waals surface area (Å²) in [6, 6.07) is 6.89. The van der Waals surface area contributed by atoms with Crippen LogP contribution in [0.5, 0.6) is 5.75 Å². The lowest BCUT2D eigenvalue weighted by molar-refractivity contribution is 0.0523. The molecule has 18 heavy (non-hydrogen) atoms. The predicted octanol–water partition coefficient (Wildman–Crippen LogP) is 2.67. The molecule has 4 nitrogen and oxygen atoms in total. The molecule has 0 N–H and O–H groups in total. The Morgan fingerprint density at radius 1 is 1.17 bits per heavy atom. The van der Waals surface area contributed by atoms with Crippen LogP contribution < -0.4 is 4.74 Å². The number of hydrogen-bond donors (Lipinski definition) is 0. The Bertz CT molecular complexity index is 357. The van der Waals surface area contributed by atoms with Crippen molar-refractivity contribution < 1.29 is 19.0 Å². The standard InChI is InChI=1S/C14H20O4/c1-4-16-14(15)12-5-7-13(8-6-12)18-10-9-17-11(2)3/h5-8,11H,4,9-10H2,1-3H3. The van der Waals surface area contributed by atoms with Crippen molar-refractivity contribution in [3.05, 3.63) is 29.8 Å². The fourth-order valence-corrected chi connectivity index (χ4v) is 1.35. The molecule has 0 unspecified atom stereocenters. The molecule has 0 amide bonds. The Kier molecular flexibility index (Phi) is 6.22. The third-order valence-corrected chi connectivity index (χ3v) is 2.17. The molecular weight excluding hydrogens is 232 g/mol. The summed E-state index contributed by atoms with van der Waals surface area (Å²) in [5.41, 5.74) is 0.530. The number of rotatable bonds is 7. The first kappa shape index (κ1) is 14.5. The summed E-state index contributed by atoms with van der Waals surface area (Å²) in [6.45, 7) is 7.17. The second-order valence-electron chi connectivity index (χ2n) is 4.01. The zero-order chi connectivity index (χ0) is 13.4. The Hall–Kier alpha value is -1.55. The van der Waals surface area contributed by atoms with Crippen LogP contribution in [0.2, 0.25) is 0 Å². The van der Waals surface area contributed by atoms with E-state index in [2.05, 4.69) is 0 Å². The fraction of sp³-hybridized carbons (Fsp3) is 0.500. The minimum Gasteiger partial charge on any atom is -0.491 e. The summed E-state index contributed by atoms with van der Waals surface area (Å²) in [4.78, 5) is 11.4. The minimum absolute atomic E-state index is 0.208. The molecule has 0 saturated carbocycles. The number of carbonyl (C=O) groups is 1. The van der Waals surface area contributed by atoms with E-state index in [4.69, 9.17) is 14.2 Å². The molecule has 0 aliphatic rings. The first-order valence-electron chi connectivity index (χ1n) is 6.15. The third-order valence-electron chi connectivity index (χ3n) is 2.17. The van der Waals surface area contributed by atoms with Crippen molar-refractivity contribution >= 4 is 5.97 Å². The first-order chi connectivity index (χ1) is 8.63. The summed E-state index contributed by atoms with van der Waals surface area (Å²) >= 11 is 0. The van der Waals surface area contributed by atoms with Gasteiger partial charge >= 0.3 is 5.97 Å². The van der Waals surface area contributed by atoms with Crippen LogP contribution in [0.1, 0.15) is 31.1 Å². The number of benzene rings is 1. The van der Waals surface area contributed by atoms with E-state index in [1.165, 1.54) is 0 Å². The molecule has 0 aliphatic heterocycles. The Morgan fingerprint density at radius 2 is 1.83 bits per heavy atom. The summed E-state index contributed by atoms with van der Waals surface area (Å²) < 4.78 is 15.7. The number of esters is 1. The van der Waals surface area contributed by atoms with E-state index in [0.29, 0.717) is 25.4 Å². The molecule has 0 heterocycles. The van der Waals surface area contributed by atoms with E-state index in [0.717, 1.165) is 5.75 Å². The second kappa shape index (κ2) is 7.71. The van der Waals surface area contributed by atoms with Crippen molar-refractivity contribution in [2.24, 2.45) is 0 Å². The smallest absolute Gasteiger partial charge is 0.338 e. The van der Waals surface area contributed by atoms with Gasteiger partial charge in [0.2, 0.25) is 0 Å². The first-order valence-corrected chi connectivity index (χ1v) is 6.15. The molecule has 0 atom stereocenters. The Morgan fingerprint density at radius 3 is 2.39 bits per heavy atom. The average molecular weight is 252 g/mol. The molecule has 0 bridgehead atoms. The summed E-state index contributed by atoms with van der Waals surface area (Å²) in [6.07, 6.45) is 0.208. The topological polar surface area (TPSA) is 44.8 Å². The zero-order valence-electron chi connectivity index (χ0n) is 11.1. The molecule has 1 aromatic rings. The van der Waals surface area contributed by atoms with Crippen molar-refractivity contribution in [1.29, 1.82) is 0 Å². The van der Waals surface area contributed by atoms with E-state index in [1.807, 2.05) is 13.8 Å². The van der Waals surface area contributed by atoms with Crippen LogP contribution >= 0.6 is 0 Å². The van der Waals surface area contributed by atoms with Crippen LogP contribution in [0, 0.1) is 0 Å². The van der Waals surface area contributed by atoms with Gasteiger partial charge in [-0.25, -0.2) is 4.79 Å². The van der Waals surface area contributed by atoms with Crippen LogP contribution in [-0.2, 0) is 9.47 Å². The van der Waals surface area contributed by atoms with Crippen LogP contribution in [0.25, 0.3) is 0 Å². The van der Waals surface area contributed by atoms with Gasteiger partial charge in [-0.1, -0.05) is 0 Å². The van der Waals surface area contributed by atoms with Crippen LogP contribution in [-0.4, -0.2) is 31.9 Å². The van der Waals surface area contributed by atoms with Gasteiger partial charge < -0.3 is 14.2 Å². The summed E-state index contributed by atoms with van der Waals surface area (Å²) in [7, 11) is 0. The van der Waals surface area contributed by atoms with Crippen molar-refractivity contribution in [3.63, 3.8) is 0 Å². The Balaban J connectivity index is 2.38. The third kappa shape index (κ3) is 5.19. The maximum Gasteiger partial charge on any atom is 0.338 e. The molecule has 0 aromatic heterocycles. The van der Waals surface area contributed by atoms with Crippen LogP contribution in [0.15, 0.2) is 24.3 Å². The molecular formula is C14H20O4. The van der Waals surface area contributed by atoms with Gasteiger partial charge in [-0.05, 0) is 45.0 Å². The van der Waals surface area contributed by atoms with E-state index in [1.54, 1.807) is 31.2 Å². The van der Waals surface area contributed by atoms with Crippen molar-refractivity contribution in [1.82, 2.24) is 0 Å². The largest absolute Gasteiger partial charge is 0.491 e. The molecule has 0 radical (unpaired) electrons. The van der Waals surface area contributed by atoms with Crippen molar-refractivity contribution in [2.45, 2.75) is 26.9 Å². The highest BCUT2D eigenvalue weighted by atomic mass is 16.5. The minimum atomic E-state index is -0.313. The Labute approximate surface area is 108 Å². The SMILES string of the molecule is CCOC(=O)c1ccc(OCCOC(C)C)cc1. The van der Waals surface area contributed by atoms with Gasteiger partial charge in [0, 0.05) is 0 Å². The van der Waals surface area contributed by atoms with Crippen molar-refractivity contribution in [2.75, 3.05) is 19.8 Å². The normalized spacial score (nSPS) is 10.4. The van der Waals surface area contributed by atoms with Gasteiger partial charge in [0.1, 0.15) is 12.4 Å². The lowest BCUT2D eigenvalue weighted by Crippen LogP contribution is -2.11. The average Bonchev–Trinajstić information content (AvgIpc) is 2.35. The molecule has 0 spiro atoms. The quantitative estimate of drug-likeness (QED) is 0.553. The lowest BCUT2D eigenvalue weighted by atomic mass is 10.2. The fourth-order valence-electron chi connectivity index (χ4n) is 1.35. The molecule has 100 valence electrons. The highest BCUT2D eigenvalue weighted by Crippen LogP contribution is 2.12. The highest BCUT2D eigenvalue weighted by Gasteiger charge is 2.05. The lowest BCUT2D eigenvalue weighted by Gasteiger charge is -2.09. The van der Waals surface area contributed by atoms with Gasteiger partial charge in [-0.15, -0.1) is 0 Å². The molecule has 1 aromatic carbocycles. The van der Waals surface area contributed by atoms with Crippen LogP contribution in [0.3, 0.4) is 0 Å². The van der Waals surface area contributed by atoms with E-state index >= 15 is 0 Å². The summed E-state index contributed by atoms with van der Waals surface area (Å²) in [5, 5.41) is 0. The zero-order valence-corrected chi connectivity index (χ0v) is 11.1. The van der Waals surface area contributed by atoms with Gasteiger partial charge in [-0.3, -0.25) is 0 Å². The van der Waals surface area contributed by atoms with Gasteiger partial charge in [0.05, 0.1) is 24.9 Å². The van der Waals surface area contributed by atoms with Gasteiger partial charge in [-0.2, -0.15) is 0 Å². The molecule has 0 fully saturated rings. The van der Waals surface area contributed by atoms with E-state index in [-0.39, 0.29) is 12.1 Å². The second-order valence-corrected chi connectivity index (χ2v) is 4.01.